The van der Waals surface area contributed by atoms with E-state index in [-0.39, 0.29) is 11.8 Å². The maximum absolute atomic E-state index is 12.7. The molecule has 2 amide bonds. The first-order valence-corrected chi connectivity index (χ1v) is 8.74. The van der Waals surface area contributed by atoms with Gasteiger partial charge in [0, 0.05) is 31.7 Å². The highest BCUT2D eigenvalue weighted by molar-refractivity contribution is 9.10. The van der Waals surface area contributed by atoms with Crippen LogP contribution in [-0.4, -0.2) is 47.8 Å². The molecule has 1 fully saturated rings. The van der Waals surface area contributed by atoms with Gasteiger partial charge < -0.3 is 14.2 Å². The summed E-state index contributed by atoms with van der Waals surface area (Å²) in [6, 6.07) is 11.0. The van der Waals surface area contributed by atoms with Crippen molar-refractivity contribution in [2.24, 2.45) is 0 Å². The molecule has 1 aromatic heterocycles. The van der Waals surface area contributed by atoms with Crippen molar-refractivity contribution in [3.8, 4) is 0 Å². The second-order valence-electron chi connectivity index (χ2n) is 5.91. The summed E-state index contributed by atoms with van der Waals surface area (Å²) >= 11 is 3.21. The van der Waals surface area contributed by atoms with Gasteiger partial charge in [-0.1, -0.05) is 17.7 Å². The van der Waals surface area contributed by atoms with Crippen molar-refractivity contribution in [1.29, 1.82) is 0 Å². The first-order chi connectivity index (χ1) is 11.5. The van der Waals surface area contributed by atoms with E-state index in [1.54, 1.807) is 17.0 Å². The van der Waals surface area contributed by atoms with Crippen molar-refractivity contribution in [1.82, 2.24) is 9.80 Å². The molecule has 3 rings (SSSR count). The van der Waals surface area contributed by atoms with Gasteiger partial charge in [-0.2, -0.15) is 0 Å². The number of hydrogen-bond donors (Lipinski definition) is 0. The van der Waals surface area contributed by atoms with Crippen molar-refractivity contribution in [2.75, 3.05) is 26.2 Å². The van der Waals surface area contributed by atoms with Crippen molar-refractivity contribution < 1.29 is 14.0 Å². The van der Waals surface area contributed by atoms with Crippen LogP contribution in [0.3, 0.4) is 0 Å². The van der Waals surface area contributed by atoms with E-state index in [4.69, 9.17) is 4.42 Å². The second kappa shape index (κ2) is 7.21. The van der Waals surface area contributed by atoms with Gasteiger partial charge in [-0.25, -0.2) is 0 Å². The van der Waals surface area contributed by atoms with Crippen LogP contribution in [0.25, 0.3) is 0 Å². The maximum atomic E-state index is 12.7. The van der Waals surface area contributed by atoms with Gasteiger partial charge in [-0.15, -0.1) is 0 Å². The summed E-state index contributed by atoms with van der Waals surface area (Å²) in [4.78, 5) is 28.7. The predicted octanol–water partition coefficient (Wildman–Crippen LogP) is 3.34. The summed E-state index contributed by atoms with van der Waals surface area (Å²) < 4.78 is 5.88. The SMILES string of the molecule is Cc1cccc(C(=O)N2CCCN(C(=O)c3ccc(Br)o3)CC2)c1. The minimum atomic E-state index is -0.134. The molecule has 2 aromatic rings. The molecule has 1 saturated heterocycles. The van der Waals surface area contributed by atoms with Crippen LogP contribution in [0, 0.1) is 6.92 Å². The number of halogens is 1. The minimum Gasteiger partial charge on any atom is -0.444 e. The minimum absolute atomic E-state index is 0.0220. The van der Waals surface area contributed by atoms with E-state index in [1.165, 1.54) is 0 Å². The third kappa shape index (κ3) is 3.70. The summed E-state index contributed by atoms with van der Waals surface area (Å²) in [5.41, 5.74) is 1.76. The molecule has 1 aliphatic heterocycles. The van der Waals surface area contributed by atoms with Gasteiger partial charge in [0.1, 0.15) is 0 Å². The first-order valence-electron chi connectivity index (χ1n) is 7.95. The number of carbonyl (C=O) groups excluding carboxylic acids is 2. The number of benzene rings is 1. The molecular formula is C18H19BrN2O3. The maximum Gasteiger partial charge on any atom is 0.289 e. The Labute approximate surface area is 149 Å². The molecule has 5 nitrogen and oxygen atoms in total. The Morgan fingerprint density at radius 2 is 1.71 bits per heavy atom. The largest absolute Gasteiger partial charge is 0.444 e. The zero-order valence-electron chi connectivity index (χ0n) is 13.5. The van der Waals surface area contributed by atoms with E-state index < -0.39 is 0 Å². The van der Waals surface area contributed by atoms with E-state index >= 15 is 0 Å². The summed E-state index contributed by atoms with van der Waals surface area (Å²) in [5, 5.41) is 0. The third-order valence-electron chi connectivity index (χ3n) is 4.12. The number of aryl methyl sites for hydroxylation is 1. The molecule has 0 aliphatic carbocycles. The van der Waals surface area contributed by atoms with E-state index in [0.29, 0.717) is 42.2 Å². The fourth-order valence-electron chi connectivity index (χ4n) is 2.87. The molecule has 0 spiro atoms. The zero-order valence-corrected chi connectivity index (χ0v) is 15.1. The monoisotopic (exact) mass is 390 g/mol. The van der Waals surface area contributed by atoms with Crippen molar-refractivity contribution >= 4 is 27.7 Å². The highest BCUT2D eigenvalue weighted by Crippen LogP contribution is 2.17. The molecule has 24 heavy (non-hydrogen) atoms. The van der Waals surface area contributed by atoms with Gasteiger partial charge in [0.05, 0.1) is 0 Å². The highest BCUT2D eigenvalue weighted by Gasteiger charge is 2.25. The molecule has 2 heterocycles. The van der Waals surface area contributed by atoms with Crippen LogP contribution in [0.5, 0.6) is 0 Å². The molecule has 0 saturated carbocycles. The Bertz CT molecular complexity index is 756. The lowest BCUT2D eigenvalue weighted by atomic mass is 10.1. The van der Waals surface area contributed by atoms with Gasteiger partial charge in [0.2, 0.25) is 0 Å². The van der Waals surface area contributed by atoms with Crippen molar-refractivity contribution in [2.45, 2.75) is 13.3 Å². The molecule has 126 valence electrons. The summed E-state index contributed by atoms with van der Waals surface area (Å²) in [6.07, 6.45) is 0.755. The highest BCUT2D eigenvalue weighted by atomic mass is 79.9. The lowest BCUT2D eigenvalue weighted by Gasteiger charge is -2.22. The molecule has 0 bridgehead atoms. The van der Waals surface area contributed by atoms with Crippen LogP contribution in [-0.2, 0) is 0 Å². The Morgan fingerprint density at radius 3 is 2.33 bits per heavy atom. The average molecular weight is 391 g/mol. The number of nitrogens with zero attached hydrogens (tertiary/aromatic N) is 2. The van der Waals surface area contributed by atoms with E-state index in [9.17, 15) is 9.59 Å². The normalized spacial score (nSPS) is 15.2. The number of carbonyl (C=O) groups is 2. The number of rotatable bonds is 2. The number of hydrogen-bond acceptors (Lipinski definition) is 3. The topological polar surface area (TPSA) is 53.8 Å². The van der Waals surface area contributed by atoms with Gasteiger partial charge in [-0.3, -0.25) is 9.59 Å². The molecule has 6 heteroatoms. The van der Waals surface area contributed by atoms with Gasteiger partial charge >= 0.3 is 0 Å². The molecule has 0 radical (unpaired) electrons. The van der Waals surface area contributed by atoms with E-state index in [0.717, 1.165) is 12.0 Å². The molecule has 0 N–H and O–H groups in total. The number of amides is 2. The van der Waals surface area contributed by atoms with E-state index in [2.05, 4.69) is 15.9 Å². The molecule has 0 unspecified atom stereocenters. The Morgan fingerprint density at radius 1 is 1.00 bits per heavy atom. The van der Waals surface area contributed by atoms with Crippen LogP contribution in [0.15, 0.2) is 45.5 Å². The first kappa shape index (κ1) is 16.8. The van der Waals surface area contributed by atoms with Crippen LogP contribution in [0.2, 0.25) is 0 Å². The van der Waals surface area contributed by atoms with Crippen LogP contribution in [0.4, 0.5) is 0 Å². The van der Waals surface area contributed by atoms with Crippen LogP contribution < -0.4 is 0 Å². The van der Waals surface area contributed by atoms with Crippen molar-refractivity contribution in [3.05, 3.63) is 58.0 Å². The number of furan rings is 1. The molecule has 1 aromatic carbocycles. The average Bonchev–Trinajstić information content (AvgIpc) is 2.86. The predicted molar refractivity (Wildman–Crippen MR) is 94.0 cm³/mol. The molecule has 1 aliphatic rings. The van der Waals surface area contributed by atoms with Crippen LogP contribution >= 0.6 is 15.9 Å². The third-order valence-corrected chi connectivity index (χ3v) is 4.55. The Hall–Kier alpha value is -2.08. The fourth-order valence-corrected chi connectivity index (χ4v) is 3.18. The summed E-state index contributed by atoms with van der Waals surface area (Å²) in [5.74, 6) is 0.208. The molecule has 0 atom stereocenters. The molecular weight excluding hydrogens is 372 g/mol. The van der Waals surface area contributed by atoms with Gasteiger partial charge in [-0.05, 0) is 53.5 Å². The van der Waals surface area contributed by atoms with Gasteiger partial charge in [0.15, 0.2) is 10.4 Å². The lowest BCUT2D eigenvalue weighted by molar-refractivity contribution is 0.0699. The summed E-state index contributed by atoms with van der Waals surface area (Å²) in [6.45, 7) is 4.28. The standard InChI is InChI=1S/C18H19BrN2O3/c1-13-4-2-5-14(12-13)17(22)20-8-3-9-21(11-10-20)18(23)15-6-7-16(19)24-15/h2,4-7,12H,3,8-11H2,1H3. The Balaban J connectivity index is 1.66. The quantitative estimate of drug-likeness (QED) is 0.789. The van der Waals surface area contributed by atoms with Crippen LogP contribution in [0.1, 0.15) is 32.9 Å². The zero-order chi connectivity index (χ0) is 17.1. The summed E-state index contributed by atoms with van der Waals surface area (Å²) in [7, 11) is 0. The van der Waals surface area contributed by atoms with Gasteiger partial charge in [0.25, 0.3) is 11.8 Å². The second-order valence-corrected chi connectivity index (χ2v) is 6.69. The fraction of sp³-hybridized carbons (Fsp3) is 0.333. The smallest absolute Gasteiger partial charge is 0.289 e. The Kier molecular flexibility index (Phi) is 5.04. The van der Waals surface area contributed by atoms with Crippen molar-refractivity contribution in [3.63, 3.8) is 0 Å². The van der Waals surface area contributed by atoms with E-state index in [1.807, 2.05) is 36.1 Å². The lowest BCUT2D eigenvalue weighted by Crippen LogP contribution is -2.37.